The van der Waals surface area contributed by atoms with Crippen molar-refractivity contribution in [1.82, 2.24) is 20.0 Å². The first kappa shape index (κ1) is 17.3. The molecule has 0 aromatic carbocycles. The van der Waals surface area contributed by atoms with E-state index in [1.165, 1.54) is 12.8 Å². The summed E-state index contributed by atoms with van der Waals surface area (Å²) in [5, 5.41) is 7.76. The third-order valence-electron chi connectivity index (χ3n) is 5.61. The number of carbonyl (C=O) groups is 1. The number of hydrogen-bond acceptors (Lipinski definition) is 4. The number of ether oxygens (including phenoxy) is 1. The van der Waals surface area contributed by atoms with Crippen LogP contribution in [0.25, 0.3) is 0 Å². The largest absolute Gasteiger partial charge is 0.481 e. The highest BCUT2D eigenvalue weighted by molar-refractivity contribution is 5.81. The van der Waals surface area contributed by atoms with Gasteiger partial charge in [-0.15, -0.1) is 0 Å². The van der Waals surface area contributed by atoms with E-state index in [0.29, 0.717) is 6.04 Å². The minimum Gasteiger partial charge on any atom is -0.481 e. The van der Waals surface area contributed by atoms with Crippen molar-refractivity contribution in [3.63, 3.8) is 0 Å². The molecule has 1 amide bonds. The summed E-state index contributed by atoms with van der Waals surface area (Å²) in [6.07, 6.45) is 6.86. The summed E-state index contributed by atoms with van der Waals surface area (Å²) in [7, 11) is 3.60. The smallest absolute Gasteiger partial charge is 0.237 e. The van der Waals surface area contributed by atoms with Crippen LogP contribution in [0, 0.1) is 6.92 Å². The summed E-state index contributed by atoms with van der Waals surface area (Å²) in [5.74, 6) is 0.974. The molecule has 2 aliphatic rings. The number of aromatic nitrogens is 2. The van der Waals surface area contributed by atoms with Gasteiger partial charge in [0, 0.05) is 19.1 Å². The van der Waals surface area contributed by atoms with E-state index in [-0.39, 0.29) is 18.0 Å². The van der Waals surface area contributed by atoms with E-state index >= 15 is 0 Å². The lowest BCUT2D eigenvalue weighted by atomic mass is 10.0. The molecule has 1 saturated heterocycles. The first-order chi connectivity index (χ1) is 11.5. The van der Waals surface area contributed by atoms with Crippen LogP contribution in [0.1, 0.15) is 62.7 Å². The molecule has 1 saturated carbocycles. The highest BCUT2D eigenvalue weighted by Crippen LogP contribution is 2.39. The molecule has 6 nitrogen and oxygen atoms in total. The maximum absolute atomic E-state index is 12.7. The normalized spacial score (nSPS) is 23.6. The number of likely N-dealkylation sites (tertiary alicyclic amines) is 1. The highest BCUT2D eigenvalue weighted by Gasteiger charge is 2.37. The van der Waals surface area contributed by atoms with Crippen molar-refractivity contribution in [2.45, 2.75) is 70.5 Å². The highest BCUT2D eigenvalue weighted by atomic mass is 16.5. The van der Waals surface area contributed by atoms with Crippen molar-refractivity contribution in [3.05, 3.63) is 11.3 Å². The molecule has 1 aromatic rings. The molecule has 1 N–H and O–H groups in total. The standard InChI is InChI=1S/C18H30N4O2/c1-12-16(18(24-4)21(3)20-12)15-10-7-11-22(15)13(2)17(23)19-14-8-5-6-9-14/h13-15H,5-11H2,1-4H3,(H,19,23)/t13-,15-/m0/s1. The molecule has 0 unspecified atom stereocenters. The fourth-order valence-electron chi connectivity index (χ4n) is 4.38. The van der Waals surface area contributed by atoms with Gasteiger partial charge in [-0.3, -0.25) is 9.69 Å². The minimum absolute atomic E-state index is 0.123. The van der Waals surface area contributed by atoms with Gasteiger partial charge in [0.15, 0.2) is 0 Å². The molecule has 0 spiro atoms. The Bertz CT molecular complexity index is 592. The van der Waals surface area contributed by atoms with Gasteiger partial charge in [0.1, 0.15) is 0 Å². The monoisotopic (exact) mass is 334 g/mol. The third kappa shape index (κ3) is 3.16. The van der Waals surface area contributed by atoms with Gasteiger partial charge in [-0.05, 0) is 46.1 Å². The lowest BCUT2D eigenvalue weighted by Gasteiger charge is -2.31. The summed E-state index contributed by atoms with van der Waals surface area (Å²) in [4.78, 5) is 15.0. The second-order valence-corrected chi connectivity index (χ2v) is 7.19. The van der Waals surface area contributed by atoms with Crippen LogP contribution in [0.15, 0.2) is 0 Å². The van der Waals surface area contributed by atoms with Crippen molar-refractivity contribution in [2.24, 2.45) is 7.05 Å². The van der Waals surface area contributed by atoms with Gasteiger partial charge < -0.3 is 10.1 Å². The van der Waals surface area contributed by atoms with Gasteiger partial charge in [-0.25, -0.2) is 4.68 Å². The minimum atomic E-state index is -0.123. The first-order valence-corrected chi connectivity index (χ1v) is 9.16. The molecule has 3 rings (SSSR count). The number of methoxy groups -OCH3 is 1. The van der Waals surface area contributed by atoms with Crippen LogP contribution in [-0.2, 0) is 11.8 Å². The lowest BCUT2D eigenvalue weighted by molar-refractivity contribution is -0.127. The zero-order valence-corrected chi connectivity index (χ0v) is 15.3. The Kier molecular flexibility index (Phi) is 5.13. The Hall–Kier alpha value is -1.56. The molecule has 2 atom stereocenters. The number of nitrogens with zero attached hydrogens (tertiary/aromatic N) is 3. The Morgan fingerprint density at radius 1 is 1.29 bits per heavy atom. The predicted octanol–water partition coefficient (Wildman–Crippen LogP) is 2.32. The van der Waals surface area contributed by atoms with E-state index in [9.17, 15) is 4.79 Å². The maximum Gasteiger partial charge on any atom is 0.237 e. The molecule has 1 aliphatic heterocycles. The molecule has 6 heteroatoms. The van der Waals surface area contributed by atoms with Crippen LogP contribution >= 0.6 is 0 Å². The summed E-state index contributed by atoms with van der Waals surface area (Å²) in [6.45, 7) is 5.00. The Morgan fingerprint density at radius 2 is 2.00 bits per heavy atom. The number of carbonyl (C=O) groups excluding carboxylic acids is 1. The van der Waals surface area contributed by atoms with Crippen LogP contribution in [0.4, 0.5) is 0 Å². The van der Waals surface area contributed by atoms with Crippen LogP contribution in [0.3, 0.4) is 0 Å². The quantitative estimate of drug-likeness (QED) is 0.898. The topological polar surface area (TPSA) is 59.4 Å². The second-order valence-electron chi connectivity index (χ2n) is 7.19. The molecular formula is C18H30N4O2. The van der Waals surface area contributed by atoms with Gasteiger partial charge in [0.25, 0.3) is 0 Å². The van der Waals surface area contributed by atoms with E-state index in [2.05, 4.69) is 15.3 Å². The van der Waals surface area contributed by atoms with Crippen molar-refractivity contribution >= 4 is 5.91 Å². The van der Waals surface area contributed by atoms with E-state index in [1.54, 1.807) is 11.8 Å². The number of hydrogen-bond donors (Lipinski definition) is 1. The molecule has 24 heavy (non-hydrogen) atoms. The molecule has 1 aliphatic carbocycles. The number of aryl methyl sites for hydroxylation is 2. The average Bonchev–Trinajstić information content (AvgIpc) is 3.26. The predicted molar refractivity (Wildman–Crippen MR) is 93.0 cm³/mol. The lowest BCUT2D eigenvalue weighted by Crippen LogP contribution is -2.47. The first-order valence-electron chi connectivity index (χ1n) is 9.16. The summed E-state index contributed by atoms with van der Waals surface area (Å²) in [5.41, 5.74) is 2.13. The zero-order valence-electron chi connectivity index (χ0n) is 15.3. The van der Waals surface area contributed by atoms with E-state index in [4.69, 9.17) is 4.74 Å². The van der Waals surface area contributed by atoms with Crippen LogP contribution in [0.5, 0.6) is 5.88 Å². The van der Waals surface area contributed by atoms with E-state index in [0.717, 1.165) is 49.4 Å². The van der Waals surface area contributed by atoms with Gasteiger partial charge >= 0.3 is 0 Å². The van der Waals surface area contributed by atoms with Crippen molar-refractivity contribution < 1.29 is 9.53 Å². The average molecular weight is 334 g/mol. The summed E-state index contributed by atoms with van der Waals surface area (Å²) in [6, 6.07) is 0.455. The van der Waals surface area contributed by atoms with E-state index < -0.39 is 0 Å². The Balaban J connectivity index is 1.76. The van der Waals surface area contributed by atoms with Crippen LogP contribution in [-0.4, -0.2) is 46.3 Å². The van der Waals surface area contributed by atoms with Gasteiger partial charge in [0.05, 0.1) is 24.4 Å². The summed E-state index contributed by atoms with van der Waals surface area (Å²) >= 11 is 0. The van der Waals surface area contributed by atoms with Gasteiger partial charge in [-0.2, -0.15) is 5.10 Å². The zero-order chi connectivity index (χ0) is 17.3. The Labute approximate surface area is 144 Å². The molecule has 2 fully saturated rings. The third-order valence-corrected chi connectivity index (χ3v) is 5.61. The maximum atomic E-state index is 12.7. The molecular weight excluding hydrogens is 304 g/mol. The van der Waals surface area contributed by atoms with Gasteiger partial charge in [0.2, 0.25) is 11.8 Å². The molecule has 134 valence electrons. The molecule has 0 bridgehead atoms. The molecule has 0 radical (unpaired) electrons. The van der Waals surface area contributed by atoms with Crippen molar-refractivity contribution in [2.75, 3.05) is 13.7 Å². The Morgan fingerprint density at radius 3 is 2.67 bits per heavy atom. The van der Waals surface area contributed by atoms with Crippen LogP contribution in [0.2, 0.25) is 0 Å². The SMILES string of the molecule is COc1c([C@@H]2CCCN2[C@@H](C)C(=O)NC2CCCC2)c(C)nn1C. The number of amides is 1. The molecule has 1 aromatic heterocycles. The van der Waals surface area contributed by atoms with Gasteiger partial charge in [-0.1, -0.05) is 12.8 Å². The van der Waals surface area contributed by atoms with E-state index in [1.807, 2.05) is 20.9 Å². The fourth-order valence-corrected chi connectivity index (χ4v) is 4.38. The second kappa shape index (κ2) is 7.13. The molecule has 2 heterocycles. The van der Waals surface area contributed by atoms with Crippen LogP contribution < -0.4 is 10.1 Å². The van der Waals surface area contributed by atoms with Crippen molar-refractivity contribution in [1.29, 1.82) is 0 Å². The fraction of sp³-hybridized carbons (Fsp3) is 0.778. The number of nitrogens with one attached hydrogen (secondary N) is 1. The van der Waals surface area contributed by atoms with Crippen molar-refractivity contribution in [3.8, 4) is 5.88 Å². The number of rotatable bonds is 5. The summed E-state index contributed by atoms with van der Waals surface area (Å²) < 4.78 is 7.37.